The number of ketones is 1. The number of hydrogen-bond acceptors (Lipinski definition) is 5. The highest BCUT2D eigenvalue weighted by Crippen LogP contribution is 2.38. The summed E-state index contributed by atoms with van der Waals surface area (Å²) in [4.78, 5) is 19.6. The molecule has 2 aliphatic heterocycles. The average Bonchev–Trinajstić information content (AvgIpc) is 3.37. The van der Waals surface area contributed by atoms with Crippen LogP contribution < -0.4 is 4.74 Å². The zero-order chi connectivity index (χ0) is 19.3. The van der Waals surface area contributed by atoms with Gasteiger partial charge in [0.2, 0.25) is 5.78 Å². The van der Waals surface area contributed by atoms with E-state index in [0.29, 0.717) is 28.4 Å². The van der Waals surface area contributed by atoms with Crippen LogP contribution in [0.3, 0.4) is 0 Å². The Labute approximate surface area is 163 Å². The number of aromatic nitrogens is 3. The van der Waals surface area contributed by atoms with Crippen LogP contribution in [0, 0.1) is 12.8 Å². The SMILES string of the molecule is Cc1ccc2c(c1CN1CCC(C)C1)O/C(=C\c1n[nH]c3ncccc13)C2=O. The highest BCUT2D eigenvalue weighted by atomic mass is 16.5. The van der Waals surface area contributed by atoms with Crippen molar-refractivity contribution in [2.45, 2.75) is 26.8 Å². The van der Waals surface area contributed by atoms with Crippen molar-refractivity contribution in [3.8, 4) is 5.75 Å². The van der Waals surface area contributed by atoms with Crippen molar-refractivity contribution in [1.82, 2.24) is 20.1 Å². The number of hydrogen-bond donors (Lipinski definition) is 1. The van der Waals surface area contributed by atoms with E-state index in [4.69, 9.17) is 4.74 Å². The molecule has 4 heterocycles. The van der Waals surface area contributed by atoms with Gasteiger partial charge in [0, 0.05) is 36.3 Å². The van der Waals surface area contributed by atoms with Gasteiger partial charge < -0.3 is 4.74 Å². The molecule has 5 rings (SSSR count). The number of aryl methyl sites for hydroxylation is 1. The number of H-pyrrole nitrogens is 1. The maximum atomic E-state index is 13.0. The predicted molar refractivity (Wildman–Crippen MR) is 107 cm³/mol. The van der Waals surface area contributed by atoms with Gasteiger partial charge in [0.25, 0.3) is 0 Å². The number of nitrogens with zero attached hydrogens (tertiary/aromatic N) is 3. The lowest BCUT2D eigenvalue weighted by atomic mass is 10.0. The van der Waals surface area contributed by atoms with Gasteiger partial charge in [-0.15, -0.1) is 0 Å². The van der Waals surface area contributed by atoms with Gasteiger partial charge in [-0.05, 0) is 49.6 Å². The van der Waals surface area contributed by atoms with Gasteiger partial charge in [-0.2, -0.15) is 5.10 Å². The molecule has 1 fully saturated rings. The summed E-state index contributed by atoms with van der Waals surface area (Å²) in [6.45, 7) is 7.36. The Morgan fingerprint density at radius 1 is 1.36 bits per heavy atom. The summed E-state index contributed by atoms with van der Waals surface area (Å²) >= 11 is 0. The first-order chi connectivity index (χ1) is 13.6. The number of fused-ring (bicyclic) bond motifs is 2. The predicted octanol–water partition coefficient (Wildman–Crippen LogP) is 3.72. The zero-order valence-corrected chi connectivity index (χ0v) is 16.0. The minimum atomic E-state index is -0.0916. The molecule has 142 valence electrons. The Morgan fingerprint density at radius 2 is 2.25 bits per heavy atom. The van der Waals surface area contributed by atoms with Crippen LogP contribution in [0.5, 0.6) is 5.75 Å². The summed E-state index contributed by atoms with van der Waals surface area (Å²) in [5, 5.41) is 8.04. The van der Waals surface area contributed by atoms with Crippen LogP contribution in [0.1, 0.15) is 40.5 Å². The number of ether oxygens (including phenoxy) is 1. The molecule has 0 radical (unpaired) electrons. The van der Waals surface area contributed by atoms with Gasteiger partial charge in [-0.1, -0.05) is 13.0 Å². The molecule has 0 spiro atoms. The van der Waals surface area contributed by atoms with Crippen LogP contribution >= 0.6 is 0 Å². The van der Waals surface area contributed by atoms with Crippen LogP contribution in [-0.4, -0.2) is 39.0 Å². The molecule has 28 heavy (non-hydrogen) atoms. The molecule has 0 aliphatic carbocycles. The highest BCUT2D eigenvalue weighted by Gasteiger charge is 2.32. The lowest BCUT2D eigenvalue weighted by Gasteiger charge is -2.18. The summed E-state index contributed by atoms with van der Waals surface area (Å²) in [6, 6.07) is 7.67. The van der Waals surface area contributed by atoms with E-state index in [1.807, 2.05) is 24.3 Å². The number of carbonyl (C=O) groups is 1. The molecule has 0 saturated carbocycles. The van der Waals surface area contributed by atoms with Crippen molar-refractivity contribution in [3.05, 3.63) is 58.6 Å². The minimum Gasteiger partial charge on any atom is -0.452 e. The molecule has 1 aromatic carbocycles. The quantitative estimate of drug-likeness (QED) is 0.708. The number of nitrogens with one attached hydrogen (secondary N) is 1. The first kappa shape index (κ1) is 17.1. The monoisotopic (exact) mass is 374 g/mol. The molecular weight excluding hydrogens is 352 g/mol. The van der Waals surface area contributed by atoms with E-state index < -0.39 is 0 Å². The maximum Gasteiger partial charge on any atom is 0.232 e. The first-order valence-corrected chi connectivity index (χ1v) is 9.68. The second-order valence-electron chi connectivity index (χ2n) is 7.81. The standard InChI is InChI=1S/C22H22N4O2/c1-13-7-9-26(11-13)12-17-14(2)5-6-16-20(27)19(28-21(16)17)10-18-15-4-3-8-23-22(15)25-24-18/h3-6,8,10,13H,7,9,11-12H2,1-2H3,(H,23,24,25)/b19-10-. The molecule has 1 atom stereocenters. The number of benzene rings is 1. The Hall–Kier alpha value is -2.99. The molecule has 0 amide bonds. The van der Waals surface area contributed by atoms with E-state index in [2.05, 4.69) is 33.9 Å². The summed E-state index contributed by atoms with van der Waals surface area (Å²) < 4.78 is 6.10. The van der Waals surface area contributed by atoms with Crippen molar-refractivity contribution in [2.24, 2.45) is 5.92 Å². The van der Waals surface area contributed by atoms with Crippen molar-refractivity contribution >= 4 is 22.9 Å². The molecular formula is C22H22N4O2. The Balaban J connectivity index is 1.50. The number of rotatable bonds is 3. The number of likely N-dealkylation sites (tertiary alicyclic amines) is 1. The third-order valence-electron chi connectivity index (χ3n) is 5.70. The fourth-order valence-electron chi connectivity index (χ4n) is 4.10. The summed E-state index contributed by atoms with van der Waals surface area (Å²) in [7, 11) is 0. The average molecular weight is 374 g/mol. The van der Waals surface area contributed by atoms with E-state index >= 15 is 0 Å². The Bertz CT molecular complexity index is 1110. The van der Waals surface area contributed by atoms with Gasteiger partial charge in [-0.25, -0.2) is 4.98 Å². The van der Waals surface area contributed by atoms with Gasteiger partial charge in [0.05, 0.1) is 11.3 Å². The van der Waals surface area contributed by atoms with Gasteiger partial charge in [-0.3, -0.25) is 14.8 Å². The lowest BCUT2D eigenvalue weighted by molar-refractivity contribution is 0.101. The Kier molecular flexibility index (Phi) is 4.02. The van der Waals surface area contributed by atoms with Crippen molar-refractivity contribution in [3.63, 3.8) is 0 Å². The molecule has 1 saturated heterocycles. The van der Waals surface area contributed by atoms with E-state index in [9.17, 15) is 4.79 Å². The first-order valence-electron chi connectivity index (χ1n) is 9.68. The maximum absolute atomic E-state index is 13.0. The number of aromatic amines is 1. The number of allylic oxidation sites excluding steroid dienone is 1. The normalized spacial score (nSPS) is 20.9. The van der Waals surface area contributed by atoms with Crippen LogP contribution in [0.25, 0.3) is 17.1 Å². The number of Topliss-reactive ketones (excluding diaryl/α,β-unsaturated/α-hetero) is 1. The topological polar surface area (TPSA) is 71.1 Å². The molecule has 1 unspecified atom stereocenters. The molecule has 3 aromatic rings. The lowest BCUT2D eigenvalue weighted by Crippen LogP contribution is -2.20. The Morgan fingerprint density at radius 3 is 3.07 bits per heavy atom. The van der Waals surface area contributed by atoms with Crippen LogP contribution in [-0.2, 0) is 6.54 Å². The third kappa shape index (κ3) is 2.81. The largest absolute Gasteiger partial charge is 0.452 e. The van der Waals surface area contributed by atoms with Crippen LogP contribution in [0.2, 0.25) is 0 Å². The minimum absolute atomic E-state index is 0.0916. The van der Waals surface area contributed by atoms with Gasteiger partial charge in [0.1, 0.15) is 5.75 Å². The molecule has 6 heteroatoms. The molecule has 2 aromatic heterocycles. The molecule has 1 N–H and O–H groups in total. The third-order valence-corrected chi connectivity index (χ3v) is 5.70. The second-order valence-corrected chi connectivity index (χ2v) is 7.81. The second kappa shape index (κ2) is 6.56. The zero-order valence-electron chi connectivity index (χ0n) is 16.0. The fourth-order valence-corrected chi connectivity index (χ4v) is 4.10. The van der Waals surface area contributed by atoms with Crippen molar-refractivity contribution in [2.75, 3.05) is 13.1 Å². The number of carbonyl (C=O) groups excluding carboxylic acids is 1. The van der Waals surface area contributed by atoms with Gasteiger partial charge >= 0.3 is 0 Å². The smallest absolute Gasteiger partial charge is 0.232 e. The number of pyridine rings is 1. The molecule has 6 nitrogen and oxygen atoms in total. The molecule has 2 aliphatic rings. The van der Waals surface area contributed by atoms with E-state index in [1.165, 1.54) is 6.42 Å². The molecule has 0 bridgehead atoms. The fraction of sp³-hybridized carbons (Fsp3) is 0.318. The van der Waals surface area contributed by atoms with Crippen molar-refractivity contribution in [1.29, 1.82) is 0 Å². The van der Waals surface area contributed by atoms with E-state index in [1.54, 1.807) is 12.3 Å². The highest BCUT2D eigenvalue weighted by molar-refractivity contribution is 6.15. The van der Waals surface area contributed by atoms with E-state index in [0.717, 1.165) is 42.1 Å². The van der Waals surface area contributed by atoms with E-state index in [-0.39, 0.29) is 5.78 Å². The van der Waals surface area contributed by atoms with Crippen LogP contribution in [0.4, 0.5) is 0 Å². The van der Waals surface area contributed by atoms with Gasteiger partial charge in [0.15, 0.2) is 11.4 Å². The van der Waals surface area contributed by atoms with Crippen molar-refractivity contribution < 1.29 is 9.53 Å². The summed E-state index contributed by atoms with van der Waals surface area (Å²) in [5.74, 6) is 1.64. The van der Waals surface area contributed by atoms with Crippen LogP contribution in [0.15, 0.2) is 36.2 Å². The summed E-state index contributed by atoms with van der Waals surface area (Å²) in [6.07, 6.45) is 4.64. The summed E-state index contributed by atoms with van der Waals surface area (Å²) in [5.41, 5.74) is 4.25.